The van der Waals surface area contributed by atoms with Crippen LogP contribution in [0, 0.1) is 12.3 Å². The topological polar surface area (TPSA) is 20.2 Å². The summed E-state index contributed by atoms with van der Waals surface area (Å²) in [6, 6.07) is 10.5. The van der Waals surface area contributed by atoms with Crippen LogP contribution in [0.3, 0.4) is 0 Å². The number of terminal acetylenes is 1. The van der Waals surface area contributed by atoms with Gasteiger partial charge in [-0.25, -0.2) is 0 Å². The average Bonchev–Trinajstić information content (AvgIpc) is 2.34. The highest BCUT2D eigenvalue weighted by Gasteiger charge is 1.98. The molecule has 16 heavy (non-hydrogen) atoms. The lowest BCUT2D eigenvalue weighted by atomic mass is 10.0. The van der Waals surface area contributed by atoms with Crippen LogP contribution in [0.2, 0.25) is 0 Å². The van der Waals surface area contributed by atoms with Gasteiger partial charge in [-0.3, -0.25) is 0 Å². The molecule has 0 aliphatic carbocycles. The molecule has 0 aromatic heterocycles. The zero-order valence-electron chi connectivity index (χ0n) is 9.73. The van der Waals surface area contributed by atoms with E-state index in [0.717, 1.165) is 25.7 Å². The molecular formula is C15H20O. The number of aliphatic hydroxyl groups excluding tert-OH is 1. The molecule has 0 spiro atoms. The second-order valence-electron chi connectivity index (χ2n) is 4.12. The summed E-state index contributed by atoms with van der Waals surface area (Å²) in [5, 5.41) is 9.16. The minimum Gasteiger partial charge on any atom is -0.380 e. The minimum atomic E-state index is -0.547. The van der Waals surface area contributed by atoms with Crippen LogP contribution in [0.25, 0.3) is 0 Å². The summed E-state index contributed by atoms with van der Waals surface area (Å²) >= 11 is 0. The van der Waals surface area contributed by atoms with Crippen LogP contribution >= 0.6 is 0 Å². The van der Waals surface area contributed by atoms with E-state index in [1.165, 1.54) is 18.4 Å². The fourth-order valence-electron chi connectivity index (χ4n) is 1.75. The zero-order chi connectivity index (χ0) is 11.6. The first-order valence-electron chi connectivity index (χ1n) is 6.01. The Morgan fingerprint density at radius 2 is 1.75 bits per heavy atom. The molecule has 1 aromatic rings. The van der Waals surface area contributed by atoms with Gasteiger partial charge in [0.1, 0.15) is 6.10 Å². The van der Waals surface area contributed by atoms with Crippen molar-refractivity contribution in [2.24, 2.45) is 0 Å². The number of hydrogen-bond donors (Lipinski definition) is 1. The fourth-order valence-corrected chi connectivity index (χ4v) is 1.75. The van der Waals surface area contributed by atoms with E-state index in [2.05, 4.69) is 30.2 Å². The zero-order valence-corrected chi connectivity index (χ0v) is 9.73. The van der Waals surface area contributed by atoms with Crippen molar-refractivity contribution in [3.05, 3.63) is 35.9 Å². The highest BCUT2D eigenvalue weighted by molar-refractivity contribution is 5.14. The van der Waals surface area contributed by atoms with Crippen LogP contribution < -0.4 is 0 Å². The van der Waals surface area contributed by atoms with Crippen LogP contribution in [0.1, 0.15) is 37.7 Å². The fraction of sp³-hybridized carbons (Fsp3) is 0.467. The van der Waals surface area contributed by atoms with Gasteiger partial charge in [-0.15, -0.1) is 6.42 Å². The van der Waals surface area contributed by atoms with Crippen molar-refractivity contribution in [1.29, 1.82) is 0 Å². The van der Waals surface area contributed by atoms with E-state index in [4.69, 9.17) is 11.5 Å². The Hall–Kier alpha value is -1.26. The molecule has 1 N–H and O–H groups in total. The van der Waals surface area contributed by atoms with E-state index in [9.17, 15) is 0 Å². The molecule has 0 radical (unpaired) electrons. The number of aryl methyl sites for hydroxylation is 1. The van der Waals surface area contributed by atoms with Gasteiger partial charge >= 0.3 is 0 Å². The highest BCUT2D eigenvalue weighted by atomic mass is 16.3. The molecule has 1 rings (SSSR count). The Labute approximate surface area is 98.5 Å². The first kappa shape index (κ1) is 12.8. The lowest BCUT2D eigenvalue weighted by molar-refractivity contribution is 0.217. The van der Waals surface area contributed by atoms with E-state index >= 15 is 0 Å². The number of unbranched alkanes of at least 4 members (excludes halogenated alkanes) is 3. The third kappa shape index (κ3) is 5.58. The summed E-state index contributed by atoms with van der Waals surface area (Å²) in [6.07, 6.45) is 11.1. The van der Waals surface area contributed by atoms with Crippen molar-refractivity contribution in [3.8, 4) is 12.3 Å². The van der Waals surface area contributed by atoms with Crippen molar-refractivity contribution >= 4 is 0 Å². The molecule has 86 valence electrons. The van der Waals surface area contributed by atoms with Gasteiger partial charge in [-0.2, -0.15) is 0 Å². The van der Waals surface area contributed by atoms with Crippen molar-refractivity contribution in [1.82, 2.24) is 0 Å². The molecular weight excluding hydrogens is 196 g/mol. The Bertz CT molecular complexity index is 310. The lowest BCUT2D eigenvalue weighted by Crippen LogP contribution is -2.01. The number of rotatable bonds is 7. The van der Waals surface area contributed by atoms with Gasteiger partial charge in [-0.05, 0) is 31.2 Å². The summed E-state index contributed by atoms with van der Waals surface area (Å²) < 4.78 is 0. The monoisotopic (exact) mass is 216 g/mol. The quantitative estimate of drug-likeness (QED) is 0.548. The van der Waals surface area contributed by atoms with Gasteiger partial charge in [-0.1, -0.05) is 49.1 Å². The number of benzene rings is 1. The average molecular weight is 216 g/mol. The normalized spacial score (nSPS) is 12.0. The third-order valence-corrected chi connectivity index (χ3v) is 2.73. The molecule has 0 saturated carbocycles. The van der Waals surface area contributed by atoms with Crippen LogP contribution in [0.5, 0.6) is 0 Å². The smallest absolute Gasteiger partial charge is 0.114 e. The van der Waals surface area contributed by atoms with Gasteiger partial charge in [0.15, 0.2) is 0 Å². The summed E-state index contributed by atoms with van der Waals surface area (Å²) in [7, 11) is 0. The Balaban J connectivity index is 1.99. The Kier molecular flexibility index (Phi) is 6.37. The SMILES string of the molecule is C#CC(O)CCCCCCc1ccccc1. The molecule has 1 aromatic carbocycles. The molecule has 0 aliphatic rings. The number of hydrogen-bond acceptors (Lipinski definition) is 1. The van der Waals surface area contributed by atoms with Crippen molar-refractivity contribution in [2.45, 2.75) is 44.6 Å². The molecule has 0 heterocycles. The lowest BCUT2D eigenvalue weighted by Gasteiger charge is -2.03. The van der Waals surface area contributed by atoms with E-state index in [1.54, 1.807) is 0 Å². The second-order valence-corrected chi connectivity index (χ2v) is 4.12. The predicted molar refractivity (Wildman–Crippen MR) is 68.1 cm³/mol. The van der Waals surface area contributed by atoms with E-state index in [-0.39, 0.29) is 0 Å². The standard InChI is InChI=1S/C15H20O/c1-2-15(16)13-9-4-3-6-10-14-11-7-5-8-12-14/h1,5,7-8,11-12,15-16H,3-4,6,9-10,13H2. The molecule has 1 heteroatoms. The van der Waals surface area contributed by atoms with Gasteiger partial charge in [0.05, 0.1) is 0 Å². The predicted octanol–water partition coefficient (Wildman–Crippen LogP) is 3.17. The van der Waals surface area contributed by atoms with Gasteiger partial charge in [0.2, 0.25) is 0 Å². The molecule has 1 atom stereocenters. The minimum absolute atomic E-state index is 0.547. The molecule has 0 aliphatic heterocycles. The Morgan fingerprint density at radius 3 is 2.44 bits per heavy atom. The first-order valence-corrected chi connectivity index (χ1v) is 6.01. The van der Waals surface area contributed by atoms with Gasteiger partial charge in [0.25, 0.3) is 0 Å². The molecule has 1 nitrogen and oxygen atoms in total. The maximum Gasteiger partial charge on any atom is 0.114 e. The molecule has 0 amide bonds. The van der Waals surface area contributed by atoms with Crippen molar-refractivity contribution in [2.75, 3.05) is 0 Å². The van der Waals surface area contributed by atoms with E-state index < -0.39 is 6.10 Å². The summed E-state index contributed by atoms with van der Waals surface area (Å²) in [5.74, 6) is 2.34. The highest BCUT2D eigenvalue weighted by Crippen LogP contribution is 2.09. The van der Waals surface area contributed by atoms with Crippen LogP contribution in [-0.4, -0.2) is 11.2 Å². The molecule has 0 bridgehead atoms. The largest absolute Gasteiger partial charge is 0.380 e. The third-order valence-electron chi connectivity index (χ3n) is 2.73. The van der Waals surface area contributed by atoms with Crippen molar-refractivity contribution in [3.63, 3.8) is 0 Å². The van der Waals surface area contributed by atoms with Crippen LogP contribution in [-0.2, 0) is 6.42 Å². The second kappa shape index (κ2) is 7.96. The van der Waals surface area contributed by atoms with Crippen LogP contribution in [0.15, 0.2) is 30.3 Å². The molecule has 0 saturated heterocycles. The summed E-state index contributed by atoms with van der Waals surface area (Å²) in [4.78, 5) is 0. The van der Waals surface area contributed by atoms with Gasteiger partial charge in [0, 0.05) is 0 Å². The summed E-state index contributed by atoms with van der Waals surface area (Å²) in [6.45, 7) is 0. The Morgan fingerprint density at radius 1 is 1.06 bits per heavy atom. The van der Waals surface area contributed by atoms with E-state index in [1.807, 2.05) is 6.07 Å². The molecule has 0 fully saturated rings. The molecule has 1 unspecified atom stereocenters. The maximum absolute atomic E-state index is 9.16. The maximum atomic E-state index is 9.16. The van der Waals surface area contributed by atoms with Gasteiger partial charge < -0.3 is 5.11 Å². The summed E-state index contributed by atoms with van der Waals surface area (Å²) in [5.41, 5.74) is 1.41. The van der Waals surface area contributed by atoms with Crippen LogP contribution in [0.4, 0.5) is 0 Å². The first-order chi connectivity index (χ1) is 7.83. The van der Waals surface area contributed by atoms with E-state index in [0.29, 0.717) is 0 Å². The van der Waals surface area contributed by atoms with Crippen molar-refractivity contribution < 1.29 is 5.11 Å². The number of aliphatic hydroxyl groups is 1.